The highest BCUT2D eigenvalue weighted by Gasteiger charge is 2.43. The molecule has 0 saturated carbocycles. The molecule has 7 heteroatoms. The summed E-state index contributed by atoms with van der Waals surface area (Å²) in [5, 5.41) is 9.87. The molecule has 1 saturated heterocycles. The van der Waals surface area contributed by atoms with Crippen molar-refractivity contribution in [1.29, 1.82) is 0 Å². The Labute approximate surface area is 183 Å². The van der Waals surface area contributed by atoms with Gasteiger partial charge in [0, 0.05) is 48.2 Å². The molecule has 1 aliphatic rings. The lowest BCUT2D eigenvalue weighted by molar-refractivity contribution is -0.0259. The molecule has 1 unspecified atom stereocenters. The van der Waals surface area contributed by atoms with E-state index in [1.54, 1.807) is 24.3 Å². The number of hydrogen-bond acceptors (Lipinski definition) is 3. The fourth-order valence-corrected chi connectivity index (χ4v) is 4.19. The Kier molecular flexibility index (Phi) is 5.94. The molecule has 0 spiro atoms. The van der Waals surface area contributed by atoms with Crippen LogP contribution in [0.15, 0.2) is 66.7 Å². The number of benzene rings is 3. The number of aliphatic hydroxyl groups excluding tert-OH is 1. The van der Waals surface area contributed by atoms with E-state index in [2.05, 4.69) is 0 Å². The Balaban J connectivity index is 1.70. The Morgan fingerprint density at radius 2 is 1.71 bits per heavy atom. The van der Waals surface area contributed by atoms with Crippen molar-refractivity contribution in [1.82, 2.24) is 0 Å². The summed E-state index contributed by atoms with van der Waals surface area (Å²) in [6.07, 6.45) is -0.214. The summed E-state index contributed by atoms with van der Waals surface area (Å²) in [4.78, 5) is 14.1. The zero-order valence-corrected chi connectivity index (χ0v) is 17.3. The summed E-state index contributed by atoms with van der Waals surface area (Å²) < 4.78 is 35.0. The monoisotopic (exact) mass is 443 g/mol. The van der Waals surface area contributed by atoms with Crippen molar-refractivity contribution in [2.45, 2.75) is 18.4 Å². The lowest BCUT2D eigenvalue weighted by Crippen LogP contribution is -2.48. The molecule has 1 amide bonds. The van der Waals surface area contributed by atoms with E-state index in [4.69, 9.17) is 16.3 Å². The number of carbonyl (C=O) groups is 1. The van der Waals surface area contributed by atoms with E-state index >= 15 is 0 Å². The van der Waals surface area contributed by atoms with Crippen LogP contribution < -0.4 is 4.90 Å². The van der Waals surface area contributed by atoms with Crippen LogP contribution >= 0.6 is 11.6 Å². The molecule has 3 aromatic rings. The molecule has 3 aromatic carbocycles. The minimum Gasteiger partial charge on any atom is -0.437 e. The second kappa shape index (κ2) is 8.65. The maximum Gasteiger partial charge on any atom is 0.415 e. The molecular weight excluding hydrogens is 424 g/mol. The molecule has 0 aromatic heterocycles. The van der Waals surface area contributed by atoms with Crippen LogP contribution in [0.2, 0.25) is 5.02 Å². The van der Waals surface area contributed by atoms with Crippen LogP contribution in [0.25, 0.3) is 11.1 Å². The standard InChI is InChI=1S/C24H20ClF2NO3/c25-19-9-5-4-8-17(19)18-14-22(21(27)15-20(18)26)28-12-10-24(11-13-29,31-23(28)30)16-6-2-1-3-7-16/h1-9,14-15,29H,10-13H2. The summed E-state index contributed by atoms with van der Waals surface area (Å²) in [6.45, 7) is -0.0397. The first-order valence-electron chi connectivity index (χ1n) is 9.86. The normalized spacial score (nSPS) is 18.7. The summed E-state index contributed by atoms with van der Waals surface area (Å²) in [7, 11) is 0. The van der Waals surface area contributed by atoms with E-state index in [1.807, 2.05) is 30.3 Å². The Bertz CT molecular complexity index is 1110. The lowest BCUT2D eigenvalue weighted by atomic mass is 9.86. The fraction of sp³-hybridized carbons (Fsp3) is 0.208. The van der Waals surface area contributed by atoms with Crippen molar-refractivity contribution in [3.63, 3.8) is 0 Å². The number of ether oxygens (including phenoxy) is 1. The van der Waals surface area contributed by atoms with Gasteiger partial charge in [0.05, 0.1) is 5.69 Å². The van der Waals surface area contributed by atoms with Crippen LogP contribution in [0, 0.1) is 11.6 Å². The first-order valence-corrected chi connectivity index (χ1v) is 10.2. The summed E-state index contributed by atoms with van der Waals surface area (Å²) >= 11 is 6.19. The predicted molar refractivity (Wildman–Crippen MR) is 115 cm³/mol. The van der Waals surface area contributed by atoms with Crippen LogP contribution in [-0.2, 0) is 10.3 Å². The molecular formula is C24H20ClF2NO3. The summed E-state index contributed by atoms with van der Waals surface area (Å²) in [6, 6.07) is 17.8. The SMILES string of the molecule is O=C1OC(CCO)(c2ccccc2)CCN1c1cc(-c2ccccc2Cl)c(F)cc1F. The van der Waals surface area contributed by atoms with Crippen molar-refractivity contribution in [3.05, 3.63) is 89.0 Å². The van der Waals surface area contributed by atoms with Crippen LogP contribution in [0.5, 0.6) is 0 Å². The molecule has 1 N–H and O–H groups in total. The van der Waals surface area contributed by atoms with Crippen molar-refractivity contribution in [2.24, 2.45) is 0 Å². The number of rotatable bonds is 5. The van der Waals surface area contributed by atoms with E-state index in [9.17, 15) is 18.7 Å². The van der Waals surface area contributed by atoms with Crippen molar-refractivity contribution >= 4 is 23.4 Å². The van der Waals surface area contributed by atoms with E-state index in [-0.39, 0.29) is 30.8 Å². The first-order chi connectivity index (χ1) is 14.9. The van der Waals surface area contributed by atoms with Gasteiger partial charge in [-0.05, 0) is 17.7 Å². The van der Waals surface area contributed by atoms with Gasteiger partial charge in [-0.1, -0.05) is 60.1 Å². The van der Waals surface area contributed by atoms with Gasteiger partial charge in [0.2, 0.25) is 0 Å². The Morgan fingerprint density at radius 1 is 1.00 bits per heavy atom. The van der Waals surface area contributed by atoms with Gasteiger partial charge in [0.1, 0.15) is 17.2 Å². The molecule has 160 valence electrons. The molecule has 1 atom stereocenters. The average molecular weight is 444 g/mol. The topological polar surface area (TPSA) is 49.8 Å². The molecule has 0 radical (unpaired) electrons. The summed E-state index contributed by atoms with van der Waals surface area (Å²) in [5.41, 5.74) is 0.142. The molecule has 0 bridgehead atoms. The molecule has 1 aliphatic heterocycles. The minimum atomic E-state index is -1.01. The zero-order chi connectivity index (χ0) is 22.0. The maximum absolute atomic E-state index is 14.7. The summed E-state index contributed by atoms with van der Waals surface area (Å²) in [5.74, 6) is -1.65. The third kappa shape index (κ3) is 4.01. The van der Waals surface area contributed by atoms with Crippen molar-refractivity contribution in [3.8, 4) is 11.1 Å². The van der Waals surface area contributed by atoms with Gasteiger partial charge in [-0.3, -0.25) is 4.90 Å². The quantitative estimate of drug-likeness (QED) is 0.533. The second-order valence-electron chi connectivity index (χ2n) is 7.37. The molecule has 4 rings (SSSR count). The molecule has 31 heavy (non-hydrogen) atoms. The molecule has 1 heterocycles. The lowest BCUT2D eigenvalue weighted by Gasteiger charge is -2.41. The largest absolute Gasteiger partial charge is 0.437 e. The number of amides is 1. The van der Waals surface area contributed by atoms with E-state index in [0.717, 1.165) is 16.5 Å². The van der Waals surface area contributed by atoms with Gasteiger partial charge in [-0.25, -0.2) is 13.6 Å². The molecule has 4 nitrogen and oxygen atoms in total. The first kappa shape index (κ1) is 21.3. The highest BCUT2D eigenvalue weighted by molar-refractivity contribution is 6.33. The molecule has 0 aliphatic carbocycles. The Morgan fingerprint density at radius 3 is 2.39 bits per heavy atom. The average Bonchev–Trinajstić information content (AvgIpc) is 2.76. The highest BCUT2D eigenvalue weighted by Crippen LogP contribution is 2.40. The number of nitrogens with zero attached hydrogens (tertiary/aromatic N) is 1. The zero-order valence-electron chi connectivity index (χ0n) is 16.5. The highest BCUT2D eigenvalue weighted by atomic mass is 35.5. The van der Waals surface area contributed by atoms with Gasteiger partial charge < -0.3 is 9.84 Å². The minimum absolute atomic E-state index is 0.0880. The number of halogens is 3. The maximum atomic E-state index is 14.7. The van der Waals surface area contributed by atoms with Gasteiger partial charge in [-0.2, -0.15) is 0 Å². The predicted octanol–water partition coefficient (Wildman–Crippen LogP) is 5.91. The van der Waals surface area contributed by atoms with Crippen molar-refractivity contribution in [2.75, 3.05) is 18.1 Å². The number of hydrogen-bond donors (Lipinski definition) is 1. The van der Waals surface area contributed by atoms with Gasteiger partial charge in [0.25, 0.3) is 0 Å². The molecule has 1 fully saturated rings. The van der Waals surface area contributed by atoms with Crippen molar-refractivity contribution < 1.29 is 23.4 Å². The van der Waals surface area contributed by atoms with Gasteiger partial charge in [0.15, 0.2) is 0 Å². The van der Waals surface area contributed by atoms with Gasteiger partial charge in [-0.15, -0.1) is 0 Å². The fourth-order valence-electron chi connectivity index (χ4n) is 3.95. The van der Waals surface area contributed by atoms with E-state index in [1.165, 1.54) is 6.07 Å². The van der Waals surface area contributed by atoms with Gasteiger partial charge >= 0.3 is 6.09 Å². The number of anilines is 1. The van der Waals surface area contributed by atoms with E-state index < -0.39 is 23.3 Å². The van der Waals surface area contributed by atoms with Crippen LogP contribution in [0.4, 0.5) is 19.3 Å². The number of aliphatic hydroxyl groups is 1. The smallest absolute Gasteiger partial charge is 0.415 e. The second-order valence-corrected chi connectivity index (χ2v) is 7.77. The Hall–Kier alpha value is -2.96. The number of carbonyl (C=O) groups excluding carboxylic acids is 1. The number of cyclic esters (lactones) is 1. The van der Waals surface area contributed by atoms with Crippen LogP contribution in [0.3, 0.4) is 0 Å². The van der Waals surface area contributed by atoms with Crippen LogP contribution in [0.1, 0.15) is 18.4 Å². The third-order valence-electron chi connectivity index (χ3n) is 5.55. The third-order valence-corrected chi connectivity index (χ3v) is 5.88. The van der Waals surface area contributed by atoms with Crippen LogP contribution in [-0.4, -0.2) is 24.4 Å². The van der Waals surface area contributed by atoms with E-state index in [0.29, 0.717) is 17.0 Å².